The first-order chi connectivity index (χ1) is 14.1. The molecule has 4 unspecified atom stereocenters. The minimum Gasteiger partial charge on any atom is -0.349 e. The predicted octanol–water partition coefficient (Wildman–Crippen LogP) is 2.09. The van der Waals surface area contributed by atoms with Crippen molar-refractivity contribution >= 4 is 28.8 Å². The molecule has 1 aromatic carbocycles. The van der Waals surface area contributed by atoms with Gasteiger partial charge in [-0.2, -0.15) is 0 Å². The lowest BCUT2D eigenvalue weighted by molar-refractivity contribution is -0.141. The summed E-state index contributed by atoms with van der Waals surface area (Å²) in [5, 5.41) is 2.90. The highest BCUT2D eigenvalue weighted by molar-refractivity contribution is 6.06. The average Bonchev–Trinajstić information content (AvgIpc) is 3.47. The molecule has 2 aliphatic carbocycles. The summed E-state index contributed by atoms with van der Waals surface area (Å²) < 4.78 is 2.08. The molecule has 2 heterocycles. The van der Waals surface area contributed by atoms with Crippen molar-refractivity contribution < 1.29 is 14.4 Å². The van der Waals surface area contributed by atoms with Crippen LogP contribution in [0.25, 0.3) is 11.0 Å². The van der Waals surface area contributed by atoms with E-state index in [2.05, 4.69) is 14.9 Å². The number of para-hydroxylation sites is 2. The van der Waals surface area contributed by atoms with E-state index in [1.54, 1.807) is 0 Å². The van der Waals surface area contributed by atoms with E-state index in [-0.39, 0.29) is 42.5 Å². The van der Waals surface area contributed by atoms with Crippen LogP contribution in [0.5, 0.6) is 0 Å². The molecule has 7 heteroatoms. The predicted molar refractivity (Wildman–Crippen MR) is 106 cm³/mol. The van der Waals surface area contributed by atoms with Crippen LogP contribution in [0.4, 0.5) is 0 Å². The zero-order chi connectivity index (χ0) is 20.1. The molecule has 2 bridgehead atoms. The SMILES string of the molecule is CCn1c(CNC(=O)CCN2C(=O)C3C4CCC(C4)C3C2=O)nc2ccccc21. The Balaban J connectivity index is 1.19. The fourth-order valence-electron chi connectivity index (χ4n) is 5.78. The van der Waals surface area contributed by atoms with Crippen molar-refractivity contribution in [2.45, 2.75) is 45.7 Å². The molecule has 2 saturated carbocycles. The fraction of sp³-hybridized carbons (Fsp3) is 0.545. The second-order valence-electron chi connectivity index (χ2n) is 8.50. The van der Waals surface area contributed by atoms with Gasteiger partial charge in [-0.15, -0.1) is 0 Å². The van der Waals surface area contributed by atoms with E-state index in [4.69, 9.17) is 0 Å². The van der Waals surface area contributed by atoms with Gasteiger partial charge in [-0.25, -0.2) is 4.98 Å². The summed E-state index contributed by atoms with van der Waals surface area (Å²) in [4.78, 5) is 43.8. The molecule has 4 atom stereocenters. The number of fused-ring (bicyclic) bond motifs is 6. The Morgan fingerprint density at radius 3 is 2.52 bits per heavy atom. The van der Waals surface area contributed by atoms with Gasteiger partial charge in [-0.05, 0) is 50.2 Å². The molecule has 3 fully saturated rings. The van der Waals surface area contributed by atoms with Gasteiger partial charge in [0.2, 0.25) is 17.7 Å². The van der Waals surface area contributed by atoms with E-state index in [1.807, 2.05) is 31.2 Å². The molecule has 3 aliphatic rings. The van der Waals surface area contributed by atoms with Crippen LogP contribution in [-0.4, -0.2) is 38.7 Å². The number of hydrogen-bond acceptors (Lipinski definition) is 4. The van der Waals surface area contributed by atoms with Gasteiger partial charge in [0.25, 0.3) is 0 Å². The number of carbonyl (C=O) groups is 3. The molecule has 152 valence electrons. The molecule has 1 saturated heterocycles. The summed E-state index contributed by atoms with van der Waals surface area (Å²) in [6.45, 7) is 3.33. The van der Waals surface area contributed by atoms with Gasteiger partial charge in [-0.3, -0.25) is 19.3 Å². The first-order valence-corrected chi connectivity index (χ1v) is 10.6. The summed E-state index contributed by atoms with van der Waals surface area (Å²) in [7, 11) is 0. The maximum absolute atomic E-state index is 12.7. The third kappa shape index (κ3) is 2.86. The maximum atomic E-state index is 12.7. The minimum atomic E-state index is -0.166. The number of benzene rings is 1. The van der Waals surface area contributed by atoms with E-state index < -0.39 is 0 Å². The zero-order valence-electron chi connectivity index (χ0n) is 16.6. The summed E-state index contributed by atoms with van der Waals surface area (Å²) in [6.07, 6.45) is 3.30. The van der Waals surface area contributed by atoms with Crippen LogP contribution in [-0.2, 0) is 27.5 Å². The summed E-state index contributed by atoms with van der Waals surface area (Å²) >= 11 is 0. The average molecular weight is 394 g/mol. The second-order valence-corrected chi connectivity index (χ2v) is 8.50. The van der Waals surface area contributed by atoms with Gasteiger partial charge in [0, 0.05) is 19.5 Å². The summed E-state index contributed by atoms with van der Waals surface area (Å²) in [6, 6.07) is 7.90. The highest BCUT2D eigenvalue weighted by Crippen LogP contribution is 2.56. The van der Waals surface area contributed by atoms with Crippen molar-refractivity contribution in [2.24, 2.45) is 23.7 Å². The number of imide groups is 1. The largest absolute Gasteiger partial charge is 0.349 e. The Morgan fingerprint density at radius 2 is 1.83 bits per heavy atom. The number of aromatic nitrogens is 2. The van der Waals surface area contributed by atoms with Crippen LogP contribution < -0.4 is 5.32 Å². The number of aryl methyl sites for hydroxylation is 1. The second kappa shape index (κ2) is 6.97. The smallest absolute Gasteiger partial charge is 0.233 e. The van der Waals surface area contributed by atoms with E-state index >= 15 is 0 Å². The third-order valence-corrected chi connectivity index (χ3v) is 7.07. The first-order valence-electron chi connectivity index (χ1n) is 10.6. The number of amides is 3. The van der Waals surface area contributed by atoms with Crippen molar-refractivity contribution in [3.8, 4) is 0 Å². The lowest BCUT2D eigenvalue weighted by Gasteiger charge is -2.19. The number of hydrogen-bond donors (Lipinski definition) is 1. The van der Waals surface area contributed by atoms with Crippen molar-refractivity contribution in [2.75, 3.05) is 6.54 Å². The zero-order valence-corrected chi connectivity index (χ0v) is 16.6. The first kappa shape index (κ1) is 18.3. The molecule has 29 heavy (non-hydrogen) atoms. The Hall–Kier alpha value is -2.70. The van der Waals surface area contributed by atoms with Crippen molar-refractivity contribution in [1.82, 2.24) is 19.8 Å². The Kier molecular flexibility index (Phi) is 4.41. The quantitative estimate of drug-likeness (QED) is 0.761. The van der Waals surface area contributed by atoms with E-state index in [1.165, 1.54) is 4.90 Å². The lowest BCUT2D eigenvalue weighted by Crippen LogP contribution is -2.36. The minimum absolute atomic E-state index is 0.0484. The highest BCUT2D eigenvalue weighted by Gasteiger charge is 2.60. The van der Waals surface area contributed by atoms with Crippen LogP contribution in [0.1, 0.15) is 38.4 Å². The van der Waals surface area contributed by atoms with Crippen molar-refractivity contribution in [1.29, 1.82) is 0 Å². The Bertz CT molecular complexity index is 969. The Labute approximate surface area is 169 Å². The molecule has 1 aliphatic heterocycles. The van der Waals surface area contributed by atoms with Crippen molar-refractivity contribution in [3.05, 3.63) is 30.1 Å². The number of nitrogens with one attached hydrogen (secondary N) is 1. The molecule has 3 amide bonds. The number of rotatable bonds is 6. The van der Waals surface area contributed by atoms with Gasteiger partial charge < -0.3 is 9.88 Å². The van der Waals surface area contributed by atoms with Gasteiger partial charge >= 0.3 is 0 Å². The standard InChI is InChI=1S/C22H26N4O3/c1-2-25-16-6-4-3-5-15(16)24-17(25)12-23-18(27)9-10-26-21(28)19-13-7-8-14(11-13)20(19)22(26)29/h3-6,13-14,19-20H,2,7-12H2,1H3,(H,23,27). The highest BCUT2D eigenvalue weighted by atomic mass is 16.2. The van der Waals surface area contributed by atoms with Crippen LogP contribution in [0, 0.1) is 23.7 Å². The molecule has 2 aromatic rings. The molecule has 0 radical (unpaired) electrons. The van der Waals surface area contributed by atoms with Gasteiger partial charge in [0.05, 0.1) is 29.4 Å². The number of carbonyl (C=O) groups excluding carboxylic acids is 3. The van der Waals surface area contributed by atoms with Gasteiger partial charge in [0.15, 0.2) is 0 Å². The topological polar surface area (TPSA) is 84.3 Å². The molecule has 5 rings (SSSR count). The molecular formula is C22H26N4O3. The molecule has 0 spiro atoms. The van der Waals surface area contributed by atoms with E-state index in [0.717, 1.165) is 42.7 Å². The van der Waals surface area contributed by atoms with Crippen LogP contribution in [0.15, 0.2) is 24.3 Å². The van der Waals surface area contributed by atoms with E-state index in [9.17, 15) is 14.4 Å². The van der Waals surface area contributed by atoms with Crippen LogP contribution >= 0.6 is 0 Å². The summed E-state index contributed by atoms with van der Waals surface area (Å²) in [5.41, 5.74) is 1.96. The van der Waals surface area contributed by atoms with Gasteiger partial charge in [-0.1, -0.05) is 12.1 Å². The normalized spacial score (nSPS) is 27.8. The van der Waals surface area contributed by atoms with Crippen LogP contribution in [0.3, 0.4) is 0 Å². The third-order valence-electron chi connectivity index (χ3n) is 7.07. The molecule has 1 aromatic heterocycles. The summed E-state index contributed by atoms with van der Waals surface area (Å²) in [5.74, 6) is 1.06. The fourth-order valence-corrected chi connectivity index (χ4v) is 5.78. The maximum Gasteiger partial charge on any atom is 0.233 e. The van der Waals surface area contributed by atoms with Crippen LogP contribution in [0.2, 0.25) is 0 Å². The van der Waals surface area contributed by atoms with Crippen molar-refractivity contribution in [3.63, 3.8) is 0 Å². The monoisotopic (exact) mass is 394 g/mol. The molecular weight excluding hydrogens is 368 g/mol. The van der Waals surface area contributed by atoms with Gasteiger partial charge in [0.1, 0.15) is 5.82 Å². The lowest BCUT2D eigenvalue weighted by atomic mass is 9.81. The van der Waals surface area contributed by atoms with E-state index in [0.29, 0.717) is 18.4 Å². The number of imidazole rings is 1. The molecule has 1 N–H and O–H groups in total. The molecule has 7 nitrogen and oxygen atoms in total. The number of nitrogens with zero attached hydrogens (tertiary/aromatic N) is 3. The number of likely N-dealkylation sites (tertiary alicyclic amines) is 1. The Morgan fingerprint density at radius 1 is 1.14 bits per heavy atom.